The predicted octanol–water partition coefficient (Wildman–Crippen LogP) is 1.72. The lowest BCUT2D eigenvalue weighted by atomic mass is 10.2. The molecule has 0 aromatic heterocycles. The van der Waals surface area contributed by atoms with Crippen molar-refractivity contribution in [1.82, 2.24) is 15.1 Å². The third-order valence-corrected chi connectivity index (χ3v) is 4.40. The summed E-state index contributed by atoms with van der Waals surface area (Å²) >= 11 is 8.45. The molecule has 6 nitrogen and oxygen atoms in total. The summed E-state index contributed by atoms with van der Waals surface area (Å²) in [5, 5.41) is 11.4. The number of carbonyl (C=O) groups excluding carboxylic acids is 1. The number of amides is 1. The Morgan fingerprint density at radius 2 is 1.87 bits per heavy atom. The van der Waals surface area contributed by atoms with Gasteiger partial charge in [-0.15, -0.1) is 0 Å². The van der Waals surface area contributed by atoms with Crippen LogP contribution in [-0.2, 0) is 4.79 Å². The van der Waals surface area contributed by atoms with Gasteiger partial charge in [0.05, 0.1) is 0 Å². The molecule has 1 saturated heterocycles. The highest BCUT2D eigenvalue weighted by molar-refractivity contribution is 9.10. The van der Waals surface area contributed by atoms with Crippen LogP contribution in [0, 0.1) is 11.5 Å². The molecule has 1 fully saturated rings. The minimum atomic E-state index is -0.549. The highest BCUT2D eigenvalue weighted by Crippen LogP contribution is 2.18. The van der Waals surface area contributed by atoms with Crippen molar-refractivity contribution in [2.75, 3.05) is 26.2 Å². The van der Waals surface area contributed by atoms with E-state index in [2.05, 4.69) is 21.2 Å². The first-order chi connectivity index (χ1) is 11.0. The molecular formula is C15H17BrN4O2S. The van der Waals surface area contributed by atoms with Crippen molar-refractivity contribution in [2.24, 2.45) is 0 Å². The largest absolute Gasteiger partial charge is 0.481 e. The van der Waals surface area contributed by atoms with E-state index in [4.69, 9.17) is 22.2 Å². The maximum atomic E-state index is 12.4. The average Bonchev–Trinajstić information content (AvgIpc) is 2.56. The number of ether oxygens (including phenoxy) is 1. The van der Waals surface area contributed by atoms with E-state index in [1.54, 1.807) is 11.8 Å². The van der Waals surface area contributed by atoms with Crippen molar-refractivity contribution in [3.63, 3.8) is 0 Å². The van der Waals surface area contributed by atoms with Crippen molar-refractivity contribution >= 4 is 39.2 Å². The van der Waals surface area contributed by atoms with Gasteiger partial charge < -0.3 is 14.5 Å². The number of hydrogen-bond acceptors (Lipinski definition) is 4. The average molecular weight is 397 g/mol. The normalized spacial score (nSPS) is 15.5. The summed E-state index contributed by atoms with van der Waals surface area (Å²) < 4.78 is 6.65. The van der Waals surface area contributed by atoms with Crippen molar-refractivity contribution in [3.8, 4) is 11.9 Å². The molecular weight excluding hydrogens is 380 g/mol. The fraction of sp³-hybridized carbons (Fsp3) is 0.400. The third kappa shape index (κ3) is 4.81. The fourth-order valence-electron chi connectivity index (χ4n) is 2.28. The molecule has 1 aromatic rings. The Morgan fingerprint density at radius 3 is 2.43 bits per heavy atom. The topological polar surface area (TPSA) is 68.6 Å². The van der Waals surface area contributed by atoms with Gasteiger partial charge in [0.15, 0.2) is 17.4 Å². The fourth-order valence-corrected chi connectivity index (χ4v) is 2.77. The molecule has 1 amide bonds. The predicted molar refractivity (Wildman–Crippen MR) is 93.7 cm³/mol. The molecule has 2 rings (SSSR count). The number of rotatable bonds is 3. The molecule has 0 bridgehead atoms. The number of piperazine rings is 1. The van der Waals surface area contributed by atoms with Crippen LogP contribution >= 0.6 is 28.1 Å². The molecule has 23 heavy (non-hydrogen) atoms. The lowest BCUT2D eigenvalue weighted by Gasteiger charge is -2.36. The smallest absolute Gasteiger partial charge is 0.263 e. The molecule has 0 saturated carbocycles. The van der Waals surface area contributed by atoms with Crippen LogP contribution in [0.2, 0.25) is 0 Å². The van der Waals surface area contributed by atoms with Crippen LogP contribution in [-0.4, -0.2) is 53.1 Å². The van der Waals surface area contributed by atoms with E-state index in [1.807, 2.05) is 35.4 Å². The van der Waals surface area contributed by atoms with E-state index < -0.39 is 6.10 Å². The van der Waals surface area contributed by atoms with Crippen LogP contribution in [0.4, 0.5) is 0 Å². The zero-order chi connectivity index (χ0) is 16.8. The van der Waals surface area contributed by atoms with E-state index in [-0.39, 0.29) is 5.91 Å². The van der Waals surface area contributed by atoms with Gasteiger partial charge in [0.1, 0.15) is 5.75 Å². The van der Waals surface area contributed by atoms with Gasteiger partial charge in [-0.05, 0) is 43.4 Å². The van der Waals surface area contributed by atoms with Gasteiger partial charge in [-0.2, -0.15) is 5.26 Å². The van der Waals surface area contributed by atoms with Crippen molar-refractivity contribution < 1.29 is 9.53 Å². The maximum absolute atomic E-state index is 12.4. The second-order valence-electron chi connectivity index (χ2n) is 5.07. The number of nitrogens with zero attached hydrogens (tertiary/aromatic N) is 3. The molecule has 122 valence electrons. The number of nitriles is 1. The van der Waals surface area contributed by atoms with Crippen LogP contribution < -0.4 is 10.1 Å². The number of carbonyl (C=O) groups is 1. The third-order valence-electron chi connectivity index (χ3n) is 3.52. The molecule has 1 N–H and O–H groups in total. The minimum absolute atomic E-state index is 0.0493. The maximum Gasteiger partial charge on any atom is 0.263 e. The molecule has 1 atom stereocenters. The summed E-state index contributed by atoms with van der Waals surface area (Å²) in [6.45, 7) is 4.06. The lowest BCUT2D eigenvalue weighted by molar-refractivity contribution is -0.139. The number of hydrogen-bond donors (Lipinski definition) is 1. The van der Waals surface area contributed by atoms with E-state index in [1.165, 1.54) is 0 Å². The van der Waals surface area contributed by atoms with Crippen LogP contribution in [0.1, 0.15) is 6.92 Å². The van der Waals surface area contributed by atoms with Gasteiger partial charge in [0, 0.05) is 30.7 Å². The summed E-state index contributed by atoms with van der Waals surface area (Å²) in [4.78, 5) is 16.1. The number of nitrogens with one attached hydrogen (secondary N) is 1. The first kappa shape index (κ1) is 17.5. The molecule has 0 spiro atoms. The lowest BCUT2D eigenvalue weighted by Crippen LogP contribution is -2.54. The molecule has 1 heterocycles. The molecule has 0 aliphatic carbocycles. The molecule has 1 aliphatic heterocycles. The zero-order valence-corrected chi connectivity index (χ0v) is 15.1. The monoisotopic (exact) mass is 396 g/mol. The van der Waals surface area contributed by atoms with Gasteiger partial charge >= 0.3 is 0 Å². The number of benzene rings is 1. The number of thiocarbonyl (C=S) groups is 1. The molecule has 8 heteroatoms. The Morgan fingerprint density at radius 1 is 1.30 bits per heavy atom. The number of halogens is 1. The van der Waals surface area contributed by atoms with Crippen molar-refractivity contribution in [3.05, 3.63) is 28.7 Å². The van der Waals surface area contributed by atoms with Crippen LogP contribution in [0.3, 0.4) is 0 Å². The minimum Gasteiger partial charge on any atom is -0.481 e. The van der Waals surface area contributed by atoms with E-state index in [9.17, 15) is 4.79 Å². The quantitative estimate of drug-likeness (QED) is 0.476. The van der Waals surface area contributed by atoms with Gasteiger partial charge in [-0.3, -0.25) is 10.1 Å². The Bertz CT molecular complexity index is 609. The highest BCUT2D eigenvalue weighted by atomic mass is 79.9. The Labute approximate surface area is 149 Å². The SMILES string of the molecule is C[C@@H](Oc1ccc(Br)cc1)C(=O)N1CCN(C(=S)NC#N)CC1. The van der Waals surface area contributed by atoms with Crippen molar-refractivity contribution in [1.29, 1.82) is 5.26 Å². The van der Waals surface area contributed by atoms with Gasteiger partial charge in [-0.25, -0.2) is 0 Å². The van der Waals surface area contributed by atoms with E-state index >= 15 is 0 Å². The van der Waals surface area contributed by atoms with Gasteiger partial charge in [0.25, 0.3) is 5.91 Å². The summed E-state index contributed by atoms with van der Waals surface area (Å²) in [5.41, 5.74) is 0. The Kier molecular flexibility index (Phi) is 6.19. The molecule has 0 unspecified atom stereocenters. The molecule has 0 radical (unpaired) electrons. The second-order valence-corrected chi connectivity index (χ2v) is 6.37. The van der Waals surface area contributed by atoms with E-state index in [0.29, 0.717) is 37.0 Å². The summed E-state index contributed by atoms with van der Waals surface area (Å²) in [6, 6.07) is 7.37. The van der Waals surface area contributed by atoms with Crippen LogP contribution in [0.15, 0.2) is 28.7 Å². The van der Waals surface area contributed by atoms with E-state index in [0.717, 1.165) is 4.47 Å². The first-order valence-electron chi connectivity index (χ1n) is 7.16. The Hall–Kier alpha value is -1.85. The van der Waals surface area contributed by atoms with Crippen LogP contribution in [0.5, 0.6) is 5.75 Å². The first-order valence-corrected chi connectivity index (χ1v) is 8.36. The molecule has 1 aromatic carbocycles. The molecule has 1 aliphatic rings. The summed E-state index contributed by atoms with van der Waals surface area (Å²) in [6.07, 6.45) is 1.26. The zero-order valence-electron chi connectivity index (χ0n) is 12.7. The summed E-state index contributed by atoms with van der Waals surface area (Å²) in [7, 11) is 0. The Balaban J connectivity index is 1.85. The van der Waals surface area contributed by atoms with Crippen LogP contribution in [0.25, 0.3) is 0 Å². The summed E-state index contributed by atoms with van der Waals surface area (Å²) in [5.74, 6) is 0.610. The second kappa shape index (κ2) is 8.13. The van der Waals surface area contributed by atoms with Crippen molar-refractivity contribution in [2.45, 2.75) is 13.0 Å². The standard InChI is InChI=1S/C15H17BrN4O2S/c1-11(22-13-4-2-12(16)3-5-13)14(21)19-6-8-20(9-7-19)15(23)18-10-17/h2-5,11H,6-9H2,1H3,(H,18,23)/t11-/m1/s1. The van der Waals surface area contributed by atoms with Gasteiger partial charge in [0.2, 0.25) is 0 Å². The highest BCUT2D eigenvalue weighted by Gasteiger charge is 2.26. The van der Waals surface area contributed by atoms with Gasteiger partial charge in [-0.1, -0.05) is 15.9 Å².